The number of halogens is 3. The lowest BCUT2D eigenvalue weighted by Gasteiger charge is -2.13. The summed E-state index contributed by atoms with van der Waals surface area (Å²) in [5, 5.41) is 0. The van der Waals surface area contributed by atoms with Gasteiger partial charge in [0.2, 0.25) is 0 Å². The maximum atomic E-state index is 12.4. The monoisotopic (exact) mass is 250 g/mol. The second-order valence-electron chi connectivity index (χ2n) is 4.25. The first-order chi connectivity index (χ1) is 8.48. The molecule has 0 saturated heterocycles. The molecule has 2 aromatic carbocycles. The van der Waals surface area contributed by atoms with Gasteiger partial charge in [-0.05, 0) is 23.3 Å². The molecular formula is C15H13F3. The zero-order chi connectivity index (χ0) is 13.2. The van der Waals surface area contributed by atoms with Crippen molar-refractivity contribution in [2.24, 2.45) is 0 Å². The van der Waals surface area contributed by atoms with Crippen LogP contribution in [-0.4, -0.2) is 0 Å². The first kappa shape index (κ1) is 12.7. The van der Waals surface area contributed by atoms with Crippen LogP contribution in [0.15, 0.2) is 54.6 Å². The van der Waals surface area contributed by atoms with Gasteiger partial charge in [0.05, 0.1) is 5.56 Å². The van der Waals surface area contributed by atoms with Crippen LogP contribution in [0.3, 0.4) is 0 Å². The fourth-order valence-electron chi connectivity index (χ4n) is 1.89. The molecule has 1 unspecified atom stereocenters. The zero-order valence-electron chi connectivity index (χ0n) is 9.91. The number of benzene rings is 2. The third-order valence-corrected chi connectivity index (χ3v) is 3.04. The van der Waals surface area contributed by atoms with Gasteiger partial charge in [-0.1, -0.05) is 49.4 Å². The van der Waals surface area contributed by atoms with Gasteiger partial charge in [-0.3, -0.25) is 0 Å². The summed E-state index contributed by atoms with van der Waals surface area (Å²) in [7, 11) is 0. The van der Waals surface area contributed by atoms with E-state index in [9.17, 15) is 13.2 Å². The highest BCUT2D eigenvalue weighted by atomic mass is 19.4. The summed E-state index contributed by atoms with van der Waals surface area (Å²) in [6.45, 7) is 1.98. The summed E-state index contributed by atoms with van der Waals surface area (Å²) in [4.78, 5) is 0. The maximum absolute atomic E-state index is 12.4. The van der Waals surface area contributed by atoms with Crippen LogP contribution in [0.2, 0.25) is 0 Å². The Morgan fingerprint density at radius 1 is 0.778 bits per heavy atom. The van der Waals surface area contributed by atoms with Crippen LogP contribution in [0.1, 0.15) is 29.5 Å². The van der Waals surface area contributed by atoms with E-state index in [1.54, 1.807) is 12.1 Å². The van der Waals surface area contributed by atoms with Gasteiger partial charge < -0.3 is 0 Å². The minimum atomic E-state index is -4.27. The number of hydrogen-bond acceptors (Lipinski definition) is 0. The Bertz CT molecular complexity index is 498. The quantitative estimate of drug-likeness (QED) is 0.714. The second kappa shape index (κ2) is 4.84. The molecule has 18 heavy (non-hydrogen) atoms. The van der Waals surface area contributed by atoms with Crippen molar-refractivity contribution in [3.63, 3.8) is 0 Å². The van der Waals surface area contributed by atoms with E-state index in [1.165, 1.54) is 0 Å². The van der Waals surface area contributed by atoms with E-state index in [2.05, 4.69) is 0 Å². The molecule has 0 N–H and O–H groups in total. The van der Waals surface area contributed by atoms with Gasteiger partial charge in [-0.2, -0.15) is 13.2 Å². The first-order valence-corrected chi connectivity index (χ1v) is 5.70. The Labute approximate surface area is 104 Å². The molecule has 3 heteroatoms. The van der Waals surface area contributed by atoms with Gasteiger partial charge in [-0.25, -0.2) is 0 Å². The molecule has 0 amide bonds. The van der Waals surface area contributed by atoms with Crippen molar-refractivity contribution in [1.29, 1.82) is 0 Å². The molecule has 0 aliphatic rings. The molecule has 1 atom stereocenters. The second-order valence-corrected chi connectivity index (χ2v) is 4.25. The van der Waals surface area contributed by atoms with Crippen LogP contribution >= 0.6 is 0 Å². The van der Waals surface area contributed by atoms with E-state index < -0.39 is 11.7 Å². The highest BCUT2D eigenvalue weighted by Crippen LogP contribution is 2.31. The predicted octanol–water partition coefficient (Wildman–Crippen LogP) is 4.86. The van der Waals surface area contributed by atoms with E-state index in [0.717, 1.165) is 23.3 Å². The van der Waals surface area contributed by atoms with Crippen LogP contribution < -0.4 is 0 Å². The Morgan fingerprint density at radius 2 is 1.28 bits per heavy atom. The summed E-state index contributed by atoms with van der Waals surface area (Å²) in [5.41, 5.74) is 1.37. The van der Waals surface area contributed by atoms with Crippen molar-refractivity contribution < 1.29 is 13.2 Å². The Morgan fingerprint density at radius 3 is 1.78 bits per heavy atom. The standard InChI is InChI=1S/C15H13F3/c1-11(12-5-3-2-4-6-12)13-7-9-14(10-8-13)15(16,17)18/h2-11H,1H3. The fraction of sp³-hybridized carbons (Fsp3) is 0.200. The fourth-order valence-corrected chi connectivity index (χ4v) is 1.89. The van der Waals surface area contributed by atoms with E-state index in [4.69, 9.17) is 0 Å². The summed E-state index contributed by atoms with van der Waals surface area (Å²) in [5.74, 6) is 0.0912. The lowest BCUT2D eigenvalue weighted by Crippen LogP contribution is -2.05. The van der Waals surface area contributed by atoms with Gasteiger partial charge in [0.1, 0.15) is 0 Å². The van der Waals surface area contributed by atoms with Crippen molar-refractivity contribution in [3.8, 4) is 0 Å². The summed E-state index contributed by atoms with van der Waals surface area (Å²) >= 11 is 0. The van der Waals surface area contributed by atoms with Crippen molar-refractivity contribution in [2.75, 3.05) is 0 Å². The van der Waals surface area contributed by atoms with E-state index in [0.29, 0.717) is 0 Å². The van der Waals surface area contributed by atoms with E-state index in [1.807, 2.05) is 37.3 Å². The largest absolute Gasteiger partial charge is 0.416 e. The zero-order valence-corrected chi connectivity index (χ0v) is 9.91. The third kappa shape index (κ3) is 2.73. The Balaban J connectivity index is 2.25. The van der Waals surface area contributed by atoms with Gasteiger partial charge in [-0.15, -0.1) is 0 Å². The van der Waals surface area contributed by atoms with Crippen molar-refractivity contribution in [3.05, 3.63) is 71.3 Å². The highest BCUT2D eigenvalue weighted by molar-refractivity contribution is 5.34. The minimum Gasteiger partial charge on any atom is -0.166 e. The summed E-state index contributed by atoms with van der Waals surface area (Å²) in [6.07, 6.45) is -4.27. The summed E-state index contributed by atoms with van der Waals surface area (Å²) < 4.78 is 37.3. The first-order valence-electron chi connectivity index (χ1n) is 5.70. The lowest BCUT2D eigenvalue weighted by atomic mass is 9.92. The van der Waals surface area contributed by atoms with E-state index >= 15 is 0 Å². The molecule has 0 bridgehead atoms. The molecule has 94 valence electrons. The Hall–Kier alpha value is -1.77. The molecule has 0 aliphatic heterocycles. The maximum Gasteiger partial charge on any atom is 0.416 e. The molecule has 0 heterocycles. The molecule has 0 aliphatic carbocycles. The third-order valence-electron chi connectivity index (χ3n) is 3.04. The van der Waals surface area contributed by atoms with Crippen molar-refractivity contribution in [2.45, 2.75) is 19.0 Å². The van der Waals surface area contributed by atoms with Gasteiger partial charge in [0.25, 0.3) is 0 Å². The van der Waals surface area contributed by atoms with Gasteiger partial charge in [0.15, 0.2) is 0 Å². The van der Waals surface area contributed by atoms with Gasteiger partial charge >= 0.3 is 6.18 Å². The molecule has 0 aromatic heterocycles. The van der Waals surface area contributed by atoms with E-state index in [-0.39, 0.29) is 5.92 Å². The van der Waals surface area contributed by atoms with Crippen LogP contribution in [0.25, 0.3) is 0 Å². The Kier molecular flexibility index (Phi) is 3.41. The molecule has 2 aromatic rings. The molecular weight excluding hydrogens is 237 g/mol. The SMILES string of the molecule is CC(c1ccccc1)c1ccc(C(F)(F)F)cc1. The normalized spacial score (nSPS) is 13.3. The van der Waals surface area contributed by atoms with Crippen LogP contribution in [0.4, 0.5) is 13.2 Å². The molecule has 0 nitrogen and oxygen atoms in total. The molecule has 0 spiro atoms. The van der Waals surface area contributed by atoms with Crippen molar-refractivity contribution >= 4 is 0 Å². The van der Waals surface area contributed by atoms with Crippen LogP contribution in [0.5, 0.6) is 0 Å². The number of alkyl halides is 3. The van der Waals surface area contributed by atoms with Crippen molar-refractivity contribution in [1.82, 2.24) is 0 Å². The molecule has 2 rings (SSSR count). The molecule has 0 saturated carbocycles. The summed E-state index contributed by atoms with van der Waals surface area (Å²) in [6, 6.07) is 15.1. The topological polar surface area (TPSA) is 0 Å². The average molecular weight is 250 g/mol. The smallest absolute Gasteiger partial charge is 0.166 e. The molecule has 0 radical (unpaired) electrons. The average Bonchev–Trinajstić information content (AvgIpc) is 2.38. The van der Waals surface area contributed by atoms with Crippen LogP contribution in [-0.2, 0) is 6.18 Å². The van der Waals surface area contributed by atoms with Crippen LogP contribution in [0, 0.1) is 0 Å². The molecule has 0 fully saturated rings. The number of rotatable bonds is 2. The highest BCUT2D eigenvalue weighted by Gasteiger charge is 2.30. The lowest BCUT2D eigenvalue weighted by molar-refractivity contribution is -0.137. The van der Waals surface area contributed by atoms with Gasteiger partial charge in [0, 0.05) is 5.92 Å². The predicted molar refractivity (Wildman–Crippen MR) is 65.4 cm³/mol. The number of hydrogen-bond donors (Lipinski definition) is 0. The minimum absolute atomic E-state index is 0.0912.